The zero-order valence-corrected chi connectivity index (χ0v) is 8.15. The van der Waals surface area contributed by atoms with Gasteiger partial charge in [-0.15, -0.1) is 0 Å². The SMILES string of the molecule is NC(=O)CC12C=CC(=C3C(=O)NC(=O)C31)O2. The van der Waals surface area contributed by atoms with E-state index in [1.165, 1.54) is 0 Å². The van der Waals surface area contributed by atoms with Gasteiger partial charge in [0, 0.05) is 0 Å². The minimum absolute atomic E-state index is 0.109. The van der Waals surface area contributed by atoms with Gasteiger partial charge < -0.3 is 10.5 Å². The number of imide groups is 1. The van der Waals surface area contributed by atoms with Crippen molar-refractivity contribution in [2.45, 2.75) is 12.0 Å². The van der Waals surface area contributed by atoms with Crippen LogP contribution >= 0.6 is 0 Å². The zero-order chi connectivity index (χ0) is 11.5. The van der Waals surface area contributed by atoms with Crippen LogP contribution in [0.25, 0.3) is 0 Å². The summed E-state index contributed by atoms with van der Waals surface area (Å²) in [5, 5.41) is 2.21. The molecular formula is C10H8N2O4. The predicted octanol–water partition coefficient (Wildman–Crippen LogP) is -1.27. The number of hydrogen-bond acceptors (Lipinski definition) is 4. The van der Waals surface area contributed by atoms with Gasteiger partial charge in [-0.3, -0.25) is 19.7 Å². The van der Waals surface area contributed by atoms with Crippen LogP contribution in [0.5, 0.6) is 0 Å². The van der Waals surface area contributed by atoms with Crippen LogP contribution in [0.1, 0.15) is 6.42 Å². The van der Waals surface area contributed by atoms with Crippen molar-refractivity contribution in [3.05, 3.63) is 23.5 Å². The van der Waals surface area contributed by atoms with Crippen molar-refractivity contribution >= 4 is 17.7 Å². The molecule has 2 unspecified atom stereocenters. The van der Waals surface area contributed by atoms with E-state index in [1.54, 1.807) is 12.2 Å². The topological polar surface area (TPSA) is 98.5 Å². The molecule has 0 radical (unpaired) electrons. The first-order valence-corrected chi connectivity index (χ1v) is 4.79. The minimum atomic E-state index is -1.08. The molecule has 1 fully saturated rings. The molecule has 3 amide bonds. The summed E-state index contributed by atoms with van der Waals surface area (Å²) in [6.45, 7) is 0. The first-order valence-electron chi connectivity index (χ1n) is 4.79. The highest BCUT2D eigenvalue weighted by molar-refractivity contribution is 6.17. The van der Waals surface area contributed by atoms with E-state index >= 15 is 0 Å². The molecule has 82 valence electrons. The molecule has 2 atom stereocenters. The van der Waals surface area contributed by atoms with Crippen LogP contribution < -0.4 is 11.1 Å². The van der Waals surface area contributed by atoms with Gasteiger partial charge in [-0.25, -0.2) is 0 Å². The fourth-order valence-electron chi connectivity index (χ4n) is 2.49. The molecule has 0 saturated carbocycles. The summed E-state index contributed by atoms with van der Waals surface area (Å²) in [5.41, 5.74) is 4.36. The molecule has 3 N–H and O–H groups in total. The molecule has 2 bridgehead atoms. The molecular weight excluding hydrogens is 212 g/mol. The minimum Gasteiger partial charge on any atom is -0.481 e. The largest absolute Gasteiger partial charge is 0.481 e. The van der Waals surface area contributed by atoms with Crippen molar-refractivity contribution in [2.75, 3.05) is 0 Å². The van der Waals surface area contributed by atoms with Crippen LogP contribution in [0.15, 0.2) is 23.5 Å². The average molecular weight is 220 g/mol. The van der Waals surface area contributed by atoms with E-state index in [9.17, 15) is 14.4 Å². The fourth-order valence-corrected chi connectivity index (χ4v) is 2.49. The Morgan fingerprint density at radius 2 is 2.31 bits per heavy atom. The number of hydrogen-bond donors (Lipinski definition) is 2. The third kappa shape index (κ3) is 0.886. The molecule has 0 aromatic heterocycles. The van der Waals surface area contributed by atoms with Gasteiger partial charge in [-0.1, -0.05) is 0 Å². The maximum Gasteiger partial charge on any atom is 0.258 e. The van der Waals surface area contributed by atoms with Gasteiger partial charge in [0.25, 0.3) is 5.91 Å². The van der Waals surface area contributed by atoms with Gasteiger partial charge in [-0.05, 0) is 12.2 Å². The lowest BCUT2D eigenvalue weighted by Crippen LogP contribution is -2.42. The second kappa shape index (κ2) is 2.52. The first kappa shape index (κ1) is 9.14. The molecule has 3 aliphatic rings. The Morgan fingerprint density at radius 3 is 3.00 bits per heavy atom. The Hall–Kier alpha value is -2.11. The van der Waals surface area contributed by atoms with Crippen molar-refractivity contribution in [3.63, 3.8) is 0 Å². The highest BCUT2D eigenvalue weighted by atomic mass is 16.5. The van der Waals surface area contributed by atoms with Crippen molar-refractivity contribution < 1.29 is 19.1 Å². The summed E-state index contributed by atoms with van der Waals surface area (Å²) in [6, 6.07) is 0. The predicted molar refractivity (Wildman–Crippen MR) is 50.4 cm³/mol. The monoisotopic (exact) mass is 220 g/mol. The van der Waals surface area contributed by atoms with Gasteiger partial charge in [0.15, 0.2) is 5.60 Å². The molecule has 3 heterocycles. The Kier molecular flexibility index (Phi) is 1.44. The lowest BCUT2D eigenvalue weighted by Gasteiger charge is -2.25. The summed E-state index contributed by atoms with van der Waals surface area (Å²) in [5.74, 6) is -1.80. The highest BCUT2D eigenvalue weighted by Gasteiger charge is 2.60. The molecule has 0 aromatic carbocycles. The molecule has 1 saturated heterocycles. The quantitative estimate of drug-likeness (QED) is 0.566. The van der Waals surface area contributed by atoms with E-state index in [1.807, 2.05) is 0 Å². The van der Waals surface area contributed by atoms with E-state index in [0.717, 1.165) is 0 Å². The molecule has 0 aliphatic carbocycles. The normalized spacial score (nSPS) is 34.1. The third-order valence-electron chi connectivity index (χ3n) is 3.05. The number of nitrogens with one attached hydrogen (secondary N) is 1. The maximum atomic E-state index is 11.6. The van der Waals surface area contributed by atoms with Crippen molar-refractivity contribution in [3.8, 4) is 0 Å². The smallest absolute Gasteiger partial charge is 0.258 e. The number of rotatable bonds is 2. The Bertz CT molecular complexity index is 505. The first-order chi connectivity index (χ1) is 7.53. The average Bonchev–Trinajstić information content (AvgIpc) is 2.77. The van der Waals surface area contributed by atoms with Crippen LogP contribution in [0.4, 0.5) is 0 Å². The third-order valence-corrected chi connectivity index (χ3v) is 3.05. The lowest BCUT2D eigenvalue weighted by molar-refractivity contribution is -0.130. The van der Waals surface area contributed by atoms with E-state index in [4.69, 9.17) is 10.5 Å². The zero-order valence-electron chi connectivity index (χ0n) is 8.15. The Morgan fingerprint density at radius 1 is 1.56 bits per heavy atom. The standard InChI is InChI=1S/C10H8N2O4/c11-5(13)3-10-2-1-4(16-10)6-7(10)9(15)12-8(6)14/h1-2,7H,3H2,(H2,11,13)(H,12,14,15). The molecule has 16 heavy (non-hydrogen) atoms. The van der Waals surface area contributed by atoms with Gasteiger partial charge in [-0.2, -0.15) is 0 Å². The van der Waals surface area contributed by atoms with Crippen LogP contribution in [-0.4, -0.2) is 23.3 Å². The van der Waals surface area contributed by atoms with Gasteiger partial charge in [0.1, 0.15) is 11.7 Å². The van der Waals surface area contributed by atoms with Gasteiger partial charge in [0.05, 0.1) is 12.0 Å². The number of ether oxygens (including phenoxy) is 1. The number of allylic oxidation sites excluding steroid dienone is 1. The second-order valence-electron chi connectivity index (χ2n) is 4.06. The number of fused-ring (bicyclic) bond motifs is 4. The number of primary amides is 1. The van der Waals surface area contributed by atoms with Gasteiger partial charge >= 0.3 is 0 Å². The van der Waals surface area contributed by atoms with E-state index in [-0.39, 0.29) is 6.42 Å². The van der Waals surface area contributed by atoms with E-state index in [2.05, 4.69) is 5.32 Å². The van der Waals surface area contributed by atoms with Crippen molar-refractivity contribution in [1.82, 2.24) is 5.32 Å². The highest BCUT2D eigenvalue weighted by Crippen LogP contribution is 2.49. The van der Waals surface area contributed by atoms with Crippen LogP contribution in [0.3, 0.4) is 0 Å². The van der Waals surface area contributed by atoms with E-state index < -0.39 is 29.2 Å². The summed E-state index contributed by atoms with van der Waals surface area (Å²) < 4.78 is 5.46. The summed E-state index contributed by atoms with van der Waals surface area (Å²) in [4.78, 5) is 34.1. The van der Waals surface area contributed by atoms with Crippen LogP contribution in [-0.2, 0) is 19.1 Å². The Labute approximate surface area is 90.1 Å². The van der Waals surface area contributed by atoms with Crippen molar-refractivity contribution in [2.24, 2.45) is 11.7 Å². The fraction of sp³-hybridized carbons (Fsp3) is 0.300. The lowest BCUT2D eigenvalue weighted by atomic mass is 9.80. The molecule has 3 rings (SSSR count). The van der Waals surface area contributed by atoms with Crippen LogP contribution in [0.2, 0.25) is 0 Å². The Balaban J connectivity index is 2.09. The van der Waals surface area contributed by atoms with Crippen LogP contribution in [0, 0.1) is 5.92 Å². The summed E-state index contributed by atoms with van der Waals surface area (Å²) in [7, 11) is 0. The number of nitrogens with two attached hydrogens (primary N) is 1. The molecule has 0 spiro atoms. The number of amides is 3. The second-order valence-corrected chi connectivity index (χ2v) is 4.06. The molecule has 6 heteroatoms. The molecule has 0 aromatic rings. The van der Waals surface area contributed by atoms with Crippen molar-refractivity contribution in [1.29, 1.82) is 0 Å². The number of carbonyl (C=O) groups is 3. The molecule has 6 nitrogen and oxygen atoms in total. The van der Waals surface area contributed by atoms with Gasteiger partial charge in [0.2, 0.25) is 11.8 Å². The summed E-state index contributed by atoms with van der Waals surface area (Å²) >= 11 is 0. The van der Waals surface area contributed by atoms with E-state index in [0.29, 0.717) is 11.3 Å². The molecule has 3 aliphatic heterocycles. The number of carbonyl (C=O) groups excluding carboxylic acids is 3. The summed E-state index contributed by atoms with van der Waals surface area (Å²) in [6.07, 6.45) is 3.12. The maximum absolute atomic E-state index is 11.6.